The van der Waals surface area contributed by atoms with E-state index in [-0.39, 0.29) is 23.5 Å². The highest BCUT2D eigenvalue weighted by atomic mass is 32.2. The van der Waals surface area contributed by atoms with Crippen molar-refractivity contribution in [1.82, 2.24) is 9.62 Å². The van der Waals surface area contributed by atoms with Crippen LogP contribution in [0, 0.1) is 12.8 Å². The zero-order valence-electron chi connectivity index (χ0n) is 17.6. The zero-order valence-corrected chi connectivity index (χ0v) is 19.2. The molecule has 2 aliphatic heterocycles. The molecule has 2 aliphatic rings. The number of hydrogen-bond acceptors (Lipinski definition) is 5. The maximum atomic E-state index is 13.0. The van der Waals surface area contributed by atoms with Crippen LogP contribution in [0.25, 0.3) is 0 Å². The Bertz CT molecular complexity index is 1020. The first-order valence-corrected chi connectivity index (χ1v) is 12.6. The van der Waals surface area contributed by atoms with Crippen LogP contribution in [0.4, 0.5) is 0 Å². The lowest BCUT2D eigenvalue weighted by Gasteiger charge is -2.39. The minimum atomic E-state index is -3.45. The highest BCUT2D eigenvalue weighted by Gasteiger charge is 2.37. The van der Waals surface area contributed by atoms with Crippen molar-refractivity contribution in [3.05, 3.63) is 46.8 Å². The number of nitrogens with zero attached hydrogens (tertiary/aromatic N) is 1. The Balaban J connectivity index is 1.42. The van der Waals surface area contributed by atoms with Crippen LogP contribution in [0.3, 0.4) is 0 Å². The number of amides is 1. The number of ether oxygens (including phenoxy) is 1. The van der Waals surface area contributed by atoms with Crippen LogP contribution < -0.4 is 10.1 Å². The molecule has 0 bridgehead atoms. The predicted molar refractivity (Wildman–Crippen MR) is 117 cm³/mol. The highest BCUT2D eigenvalue weighted by molar-refractivity contribution is 7.91. The van der Waals surface area contributed by atoms with Crippen molar-refractivity contribution >= 4 is 27.3 Å². The van der Waals surface area contributed by atoms with Gasteiger partial charge in [0.15, 0.2) is 0 Å². The molecule has 162 valence electrons. The van der Waals surface area contributed by atoms with E-state index in [1.807, 2.05) is 39.0 Å². The van der Waals surface area contributed by atoms with Gasteiger partial charge < -0.3 is 10.1 Å². The van der Waals surface area contributed by atoms with E-state index in [1.54, 1.807) is 17.5 Å². The molecule has 1 fully saturated rings. The van der Waals surface area contributed by atoms with Crippen LogP contribution in [0.2, 0.25) is 0 Å². The summed E-state index contributed by atoms with van der Waals surface area (Å²) in [6.45, 7) is 6.83. The van der Waals surface area contributed by atoms with Crippen LogP contribution in [0.5, 0.6) is 5.75 Å². The Morgan fingerprint density at radius 3 is 2.63 bits per heavy atom. The molecule has 8 heteroatoms. The van der Waals surface area contributed by atoms with Crippen LogP contribution in [-0.2, 0) is 14.8 Å². The van der Waals surface area contributed by atoms with Gasteiger partial charge in [0, 0.05) is 31.0 Å². The minimum Gasteiger partial charge on any atom is -0.487 e. The normalized spacial score (nSPS) is 22.2. The number of aryl methyl sites for hydroxylation is 1. The number of benzene rings is 1. The number of rotatable bonds is 4. The minimum absolute atomic E-state index is 0.00241. The summed E-state index contributed by atoms with van der Waals surface area (Å²) < 4.78 is 33.4. The average molecular weight is 449 g/mol. The summed E-state index contributed by atoms with van der Waals surface area (Å²) in [7, 11) is -3.45. The van der Waals surface area contributed by atoms with Gasteiger partial charge in [0.1, 0.15) is 15.6 Å². The fourth-order valence-corrected chi connectivity index (χ4v) is 6.89. The molecular weight excluding hydrogens is 420 g/mol. The number of carbonyl (C=O) groups excluding carboxylic acids is 1. The van der Waals surface area contributed by atoms with Crippen molar-refractivity contribution < 1.29 is 17.9 Å². The molecule has 0 aliphatic carbocycles. The van der Waals surface area contributed by atoms with Gasteiger partial charge in [0.05, 0.1) is 6.04 Å². The Morgan fingerprint density at radius 1 is 1.23 bits per heavy atom. The Morgan fingerprint density at radius 2 is 1.97 bits per heavy atom. The molecule has 0 saturated carbocycles. The zero-order chi connectivity index (χ0) is 21.5. The molecule has 1 N–H and O–H groups in total. The van der Waals surface area contributed by atoms with Crippen LogP contribution in [0.1, 0.15) is 50.3 Å². The molecule has 3 heterocycles. The van der Waals surface area contributed by atoms with E-state index in [9.17, 15) is 13.2 Å². The van der Waals surface area contributed by atoms with E-state index in [0.29, 0.717) is 36.6 Å². The standard InChI is InChI=1S/C22H28N2O4S2/c1-15-6-7-17-18(14-22(2,3)28-19(17)13-15)23-21(25)16-8-10-24(11-9-16)30(26,27)20-5-4-12-29-20/h4-7,12-13,16,18H,8-11,14H2,1-3H3,(H,23,25)/t18-/m0/s1. The molecule has 6 nitrogen and oxygen atoms in total. The predicted octanol–water partition coefficient (Wildman–Crippen LogP) is 3.88. The van der Waals surface area contributed by atoms with Crippen molar-refractivity contribution in [2.75, 3.05) is 13.1 Å². The fraction of sp³-hybridized carbons (Fsp3) is 0.500. The molecule has 1 atom stereocenters. The lowest BCUT2D eigenvalue weighted by molar-refractivity contribution is -0.127. The van der Waals surface area contributed by atoms with Crippen LogP contribution >= 0.6 is 11.3 Å². The summed E-state index contributed by atoms with van der Waals surface area (Å²) in [4.78, 5) is 13.0. The third kappa shape index (κ3) is 4.26. The maximum absolute atomic E-state index is 13.0. The molecule has 1 aromatic heterocycles. The maximum Gasteiger partial charge on any atom is 0.252 e. The first kappa shape index (κ1) is 21.3. The van der Waals surface area contributed by atoms with E-state index >= 15 is 0 Å². The lowest BCUT2D eigenvalue weighted by Crippen LogP contribution is -2.46. The van der Waals surface area contributed by atoms with Gasteiger partial charge in [-0.05, 0) is 56.7 Å². The van der Waals surface area contributed by atoms with E-state index < -0.39 is 10.0 Å². The fourth-order valence-electron chi connectivity index (χ4n) is 4.27. The SMILES string of the molecule is Cc1ccc2c(c1)OC(C)(C)C[C@@H]2NC(=O)C1CCN(S(=O)(=O)c2cccs2)CC1. The summed E-state index contributed by atoms with van der Waals surface area (Å²) in [5, 5.41) is 4.98. The lowest BCUT2D eigenvalue weighted by atomic mass is 9.88. The van der Waals surface area contributed by atoms with Crippen molar-refractivity contribution in [3.8, 4) is 5.75 Å². The largest absolute Gasteiger partial charge is 0.487 e. The van der Waals surface area contributed by atoms with Crippen LogP contribution in [-0.4, -0.2) is 37.3 Å². The molecule has 1 aromatic carbocycles. The number of carbonyl (C=O) groups is 1. The van der Waals surface area contributed by atoms with E-state index in [0.717, 1.165) is 16.9 Å². The summed E-state index contributed by atoms with van der Waals surface area (Å²) >= 11 is 1.23. The molecule has 0 unspecified atom stereocenters. The molecule has 1 saturated heterocycles. The second-order valence-electron chi connectivity index (χ2n) is 8.78. The van der Waals surface area contributed by atoms with Crippen molar-refractivity contribution in [1.29, 1.82) is 0 Å². The van der Waals surface area contributed by atoms with Gasteiger partial charge in [-0.15, -0.1) is 11.3 Å². The molecule has 30 heavy (non-hydrogen) atoms. The Kier molecular flexibility index (Phi) is 5.67. The number of nitrogens with one attached hydrogen (secondary N) is 1. The second kappa shape index (κ2) is 7.98. The molecule has 0 spiro atoms. The molecule has 1 amide bonds. The monoisotopic (exact) mass is 448 g/mol. The second-order valence-corrected chi connectivity index (χ2v) is 11.9. The van der Waals surface area contributed by atoms with E-state index in [1.165, 1.54) is 15.6 Å². The Labute approximate surface area is 182 Å². The van der Waals surface area contributed by atoms with Gasteiger partial charge in [-0.3, -0.25) is 4.79 Å². The van der Waals surface area contributed by atoms with Gasteiger partial charge in [0.25, 0.3) is 10.0 Å². The summed E-state index contributed by atoms with van der Waals surface area (Å²) in [5.74, 6) is 0.644. The number of sulfonamides is 1. The van der Waals surface area contributed by atoms with Crippen molar-refractivity contribution in [2.45, 2.75) is 55.9 Å². The number of piperidine rings is 1. The van der Waals surface area contributed by atoms with Gasteiger partial charge in [-0.2, -0.15) is 4.31 Å². The molecule has 0 radical (unpaired) electrons. The van der Waals surface area contributed by atoms with E-state index in [2.05, 4.69) is 5.32 Å². The molecular formula is C22H28N2O4S2. The van der Waals surface area contributed by atoms with Gasteiger partial charge in [-0.25, -0.2) is 8.42 Å². The number of hydrogen-bond donors (Lipinski definition) is 1. The smallest absolute Gasteiger partial charge is 0.252 e. The summed E-state index contributed by atoms with van der Waals surface area (Å²) in [5.41, 5.74) is 1.76. The van der Waals surface area contributed by atoms with Crippen LogP contribution in [0.15, 0.2) is 39.9 Å². The Hall–Kier alpha value is -1.90. The average Bonchev–Trinajstić information content (AvgIpc) is 3.22. The molecule has 2 aromatic rings. The topological polar surface area (TPSA) is 75.7 Å². The first-order chi connectivity index (χ1) is 14.2. The summed E-state index contributed by atoms with van der Waals surface area (Å²) in [6.07, 6.45) is 1.76. The van der Waals surface area contributed by atoms with Crippen molar-refractivity contribution in [2.24, 2.45) is 5.92 Å². The van der Waals surface area contributed by atoms with E-state index in [4.69, 9.17) is 4.74 Å². The van der Waals surface area contributed by atoms with Gasteiger partial charge >= 0.3 is 0 Å². The van der Waals surface area contributed by atoms with Crippen molar-refractivity contribution in [3.63, 3.8) is 0 Å². The number of fused-ring (bicyclic) bond motifs is 1. The summed E-state index contributed by atoms with van der Waals surface area (Å²) in [6, 6.07) is 9.35. The third-order valence-corrected chi connectivity index (χ3v) is 9.13. The van der Waals surface area contributed by atoms with Gasteiger partial charge in [-0.1, -0.05) is 18.2 Å². The highest BCUT2D eigenvalue weighted by Crippen LogP contribution is 2.40. The first-order valence-electron chi connectivity index (χ1n) is 10.3. The third-order valence-electron chi connectivity index (χ3n) is 5.86. The quantitative estimate of drug-likeness (QED) is 0.770. The molecule has 4 rings (SSSR count). The van der Waals surface area contributed by atoms with Gasteiger partial charge in [0.2, 0.25) is 5.91 Å². The number of thiophene rings is 1.